The van der Waals surface area contributed by atoms with Crippen LogP contribution in [0.15, 0.2) is 42.9 Å². The Morgan fingerprint density at radius 3 is 2.79 bits per heavy atom. The second-order valence-electron chi connectivity index (χ2n) is 7.74. The van der Waals surface area contributed by atoms with Crippen LogP contribution in [-0.4, -0.2) is 64.2 Å². The highest BCUT2D eigenvalue weighted by Crippen LogP contribution is 2.24. The molecule has 7 heteroatoms. The lowest BCUT2D eigenvalue weighted by Crippen LogP contribution is -2.38. The zero-order valence-electron chi connectivity index (χ0n) is 17.2. The van der Waals surface area contributed by atoms with Gasteiger partial charge in [-0.1, -0.05) is 6.07 Å². The van der Waals surface area contributed by atoms with Crippen LogP contribution in [0.1, 0.15) is 36.8 Å². The van der Waals surface area contributed by atoms with Crippen LogP contribution >= 0.6 is 0 Å². The van der Waals surface area contributed by atoms with Gasteiger partial charge in [-0.25, -0.2) is 4.98 Å². The number of rotatable bonds is 7. The van der Waals surface area contributed by atoms with E-state index in [9.17, 15) is 4.79 Å². The Labute approximate surface area is 171 Å². The highest BCUT2D eigenvalue weighted by atomic mass is 16.5. The van der Waals surface area contributed by atoms with Crippen molar-refractivity contribution in [1.82, 2.24) is 24.2 Å². The number of morpholine rings is 1. The fourth-order valence-electron chi connectivity index (χ4n) is 3.69. The van der Waals surface area contributed by atoms with Gasteiger partial charge in [0.2, 0.25) is 0 Å². The average Bonchev–Trinajstić information content (AvgIpc) is 3.37. The first-order valence-electron chi connectivity index (χ1n) is 10.4. The van der Waals surface area contributed by atoms with Crippen LogP contribution in [0.5, 0.6) is 0 Å². The van der Waals surface area contributed by atoms with E-state index in [0.29, 0.717) is 18.3 Å². The topological polar surface area (TPSA) is 63.8 Å². The van der Waals surface area contributed by atoms with Gasteiger partial charge in [0.1, 0.15) is 5.82 Å². The molecule has 154 valence electrons. The molecule has 3 aromatic rings. The van der Waals surface area contributed by atoms with Crippen molar-refractivity contribution in [2.24, 2.45) is 0 Å². The Balaban J connectivity index is 1.47. The van der Waals surface area contributed by atoms with Crippen molar-refractivity contribution in [1.29, 1.82) is 0 Å². The van der Waals surface area contributed by atoms with E-state index in [1.165, 1.54) is 0 Å². The third-order valence-corrected chi connectivity index (χ3v) is 5.37. The van der Waals surface area contributed by atoms with E-state index in [-0.39, 0.29) is 5.91 Å². The van der Waals surface area contributed by atoms with Crippen LogP contribution in [0, 0.1) is 0 Å². The second-order valence-corrected chi connectivity index (χ2v) is 7.74. The van der Waals surface area contributed by atoms with E-state index in [0.717, 1.165) is 56.2 Å². The van der Waals surface area contributed by atoms with E-state index < -0.39 is 0 Å². The lowest BCUT2D eigenvalue weighted by atomic mass is 10.3. The van der Waals surface area contributed by atoms with Gasteiger partial charge < -0.3 is 14.6 Å². The van der Waals surface area contributed by atoms with Crippen LogP contribution < -0.4 is 5.32 Å². The summed E-state index contributed by atoms with van der Waals surface area (Å²) in [7, 11) is 0. The zero-order valence-corrected chi connectivity index (χ0v) is 17.2. The molecule has 0 atom stereocenters. The minimum absolute atomic E-state index is 0.120. The number of carbonyl (C=O) groups is 1. The number of aromatic nitrogens is 3. The van der Waals surface area contributed by atoms with Gasteiger partial charge in [-0.2, -0.15) is 0 Å². The lowest BCUT2D eigenvalue weighted by molar-refractivity contribution is 0.0374. The van der Waals surface area contributed by atoms with Crippen molar-refractivity contribution in [3.8, 4) is 11.4 Å². The molecule has 4 rings (SSSR count). The number of hydrogen-bond acceptors (Lipinski definition) is 4. The molecule has 1 amide bonds. The molecule has 0 unspecified atom stereocenters. The Morgan fingerprint density at radius 2 is 2.03 bits per heavy atom. The molecule has 0 radical (unpaired) electrons. The summed E-state index contributed by atoms with van der Waals surface area (Å²) < 4.78 is 9.51. The van der Waals surface area contributed by atoms with Gasteiger partial charge >= 0.3 is 0 Å². The first-order valence-corrected chi connectivity index (χ1v) is 10.4. The predicted octanol–water partition coefficient (Wildman–Crippen LogP) is 2.84. The molecule has 0 aromatic carbocycles. The van der Waals surface area contributed by atoms with Crippen LogP contribution in [0.3, 0.4) is 0 Å². The lowest BCUT2D eigenvalue weighted by Gasteiger charge is -2.26. The summed E-state index contributed by atoms with van der Waals surface area (Å²) in [6, 6.07) is 8.27. The molecule has 0 spiro atoms. The van der Waals surface area contributed by atoms with Gasteiger partial charge in [-0.15, -0.1) is 0 Å². The quantitative estimate of drug-likeness (QED) is 0.625. The fraction of sp³-hybridized carbons (Fsp3) is 0.455. The molecule has 1 aliphatic rings. The van der Waals surface area contributed by atoms with Gasteiger partial charge in [-0.3, -0.25) is 14.1 Å². The van der Waals surface area contributed by atoms with Crippen molar-refractivity contribution < 1.29 is 9.53 Å². The SMILES string of the molecule is CC(C)n1ccc(-c2nc(C(=O)NCCCN3CCOCC3)c3ccccn23)c1. The molecule has 29 heavy (non-hydrogen) atoms. The van der Waals surface area contributed by atoms with Gasteiger partial charge in [0.25, 0.3) is 5.91 Å². The Hall–Kier alpha value is -2.64. The summed E-state index contributed by atoms with van der Waals surface area (Å²) >= 11 is 0. The number of pyridine rings is 1. The largest absolute Gasteiger partial charge is 0.379 e. The molecule has 4 heterocycles. The summed E-state index contributed by atoms with van der Waals surface area (Å²) in [6.07, 6.45) is 7.01. The van der Waals surface area contributed by atoms with Crippen molar-refractivity contribution in [3.05, 3.63) is 48.5 Å². The average molecular weight is 396 g/mol. The van der Waals surface area contributed by atoms with E-state index >= 15 is 0 Å². The zero-order chi connectivity index (χ0) is 20.2. The molecular weight excluding hydrogens is 366 g/mol. The summed E-state index contributed by atoms with van der Waals surface area (Å²) in [5.74, 6) is 0.670. The smallest absolute Gasteiger partial charge is 0.272 e. The summed E-state index contributed by atoms with van der Waals surface area (Å²) in [5, 5.41) is 3.04. The van der Waals surface area contributed by atoms with Crippen molar-refractivity contribution >= 4 is 11.4 Å². The number of ether oxygens (including phenoxy) is 1. The van der Waals surface area contributed by atoms with Gasteiger partial charge in [0.05, 0.1) is 18.7 Å². The number of nitrogens with one attached hydrogen (secondary N) is 1. The van der Waals surface area contributed by atoms with E-state index in [1.54, 1.807) is 0 Å². The number of carbonyl (C=O) groups excluding carboxylic acids is 1. The molecule has 0 aliphatic carbocycles. The highest BCUT2D eigenvalue weighted by molar-refractivity contribution is 6.00. The van der Waals surface area contributed by atoms with Crippen LogP contribution in [0.2, 0.25) is 0 Å². The fourth-order valence-corrected chi connectivity index (χ4v) is 3.69. The minimum Gasteiger partial charge on any atom is -0.379 e. The minimum atomic E-state index is -0.120. The monoisotopic (exact) mass is 395 g/mol. The first-order chi connectivity index (χ1) is 14.1. The predicted molar refractivity (Wildman–Crippen MR) is 113 cm³/mol. The highest BCUT2D eigenvalue weighted by Gasteiger charge is 2.19. The number of hydrogen-bond donors (Lipinski definition) is 1. The molecule has 0 bridgehead atoms. The normalized spacial score (nSPS) is 15.3. The maximum Gasteiger partial charge on any atom is 0.272 e. The molecular formula is C22H29N5O2. The molecule has 0 saturated carbocycles. The third-order valence-electron chi connectivity index (χ3n) is 5.37. The van der Waals surface area contributed by atoms with Crippen molar-refractivity contribution in [2.75, 3.05) is 39.4 Å². The molecule has 3 aromatic heterocycles. The molecule has 1 N–H and O–H groups in total. The number of nitrogens with zero attached hydrogens (tertiary/aromatic N) is 4. The summed E-state index contributed by atoms with van der Waals surface area (Å²) in [6.45, 7) is 9.44. The molecule has 1 saturated heterocycles. The van der Waals surface area contributed by atoms with Crippen molar-refractivity contribution in [3.63, 3.8) is 0 Å². The number of imidazole rings is 1. The maximum absolute atomic E-state index is 12.8. The molecule has 7 nitrogen and oxygen atoms in total. The van der Waals surface area contributed by atoms with Crippen LogP contribution in [0.25, 0.3) is 16.9 Å². The standard InChI is InChI=1S/C22H29N5O2/c1-17(2)26-11-7-18(16-26)21-24-20(19-6-3-4-10-27(19)21)22(28)23-8-5-9-25-12-14-29-15-13-25/h3-4,6-7,10-11,16-17H,5,8-9,12-15H2,1-2H3,(H,23,28). The Kier molecular flexibility index (Phi) is 5.97. The second kappa shape index (κ2) is 8.80. The Bertz CT molecular complexity index is 969. The number of amides is 1. The van der Waals surface area contributed by atoms with Crippen LogP contribution in [0.4, 0.5) is 0 Å². The van der Waals surface area contributed by atoms with Crippen molar-refractivity contribution in [2.45, 2.75) is 26.3 Å². The third kappa shape index (κ3) is 4.36. The van der Waals surface area contributed by atoms with Gasteiger partial charge in [-0.05, 0) is 45.0 Å². The van der Waals surface area contributed by atoms with Crippen LogP contribution in [-0.2, 0) is 4.74 Å². The molecule has 1 fully saturated rings. The summed E-state index contributed by atoms with van der Waals surface area (Å²) in [5.41, 5.74) is 2.31. The van der Waals surface area contributed by atoms with E-state index in [2.05, 4.69) is 41.0 Å². The van der Waals surface area contributed by atoms with E-state index in [1.807, 2.05) is 34.9 Å². The summed E-state index contributed by atoms with van der Waals surface area (Å²) in [4.78, 5) is 19.9. The maximum atomic E-state index is 12.8. The number of fused-ring (bicyclic) bond motifs is 1. The Morgan fingerprint density at radius 1 is 1.21 bits per heavy atom. The molecule has 1 aliphatic heterocycles. The first kappa shape index (κ1) is 19.7. The van der Waals surface area contributed by atoms with Gasteiger partial charge in [0.15, 0.2) is 5.69 Å². The van der Waals surface area contributed by atoms with E-state index in [4.69, 9.17) is 9.72 Å². The van der Waals surface area contributed by atoms with Gasteiger partial charge in [0, 0.05) is 49.8 Å².